The first kappa shape index (κ1) is 12.8. The van der Waals surface area contributed by atoms with Crippen LogP contribution in [0.25, 0.3) is 10.9 Å². The molecule has 2 aromatic rings. The van der Waals surface area contributed by atoms with Crippen molar-refractivity contribution in [2.24, 2.45) is 0 Å². The zero-order chi connectivity index (χ0) is 13.1. The topological polar surface area (TPSA) is 39.2 Å². The van der Waals surface area contributed by atoms with E-state index in [1.165, 1.54) is 7.11 Å². The van der Waals surface area contributed by atoms with Gasteiger partial charge in [-0.1, -0.05) is 23.7 Å². The van der Waals surface area contributed by atoms with Gasteiger partial charge in [0.05, 0.1) is 17.6 Å². The number of hydrogen-bond acceptors (Lipinski definition) is 3. The molecule has 3 nitrogen and oxygen atoms in total. The Bertz CT molecular complexity index is 596. The zero-order valence-electron chi connectivity index (χ0n) is 10.4. The zero-order valence-corrected chi connectivity index (χ0v) is 11.1. The molecule has 0 amide bonds. The maximum Gasteiger partial charge on any atom is 0.305 e. The lowest BCUT2D eigenvalue weighted by Gasteiger charge is -2.08. The van der Waals surface area contributed by atoms with E-state index >= 15 is 0 Å². The molecule has 0 saturated heterocycles. The van der Waals surface area contributed by atoms with Crippen LogP contribution in [0.2, 0.25) is 5.02 Å². The number of ether oxygens (including phenoxy) is 1. The smallest absolute Gasteiger partial charge is 0.305 e. The standard InChI is InChI=1S/C14H14ClNO2/c1-9-8-10(6-7-13(17)18-2)11-4-3-5-12(15)14(11)16-9/h3-5,8H,6-7H2,1-2H3. The van der Waals surface area contributed by atoms with Gasteiger partial charge in [-0.25, -0.2) is 0 Å². The number of carbonyl (C=O) groups is 1. The van der Waals surface area contributed by atoms with Crippen LogP contribution < -0.4 is 0 Å². The molecule has 0 aliphatic carbocycles. The van der Waals surface area contributed by atoms with Gasteiger partial charge in [0.15, 0.2) is 0 Å². The van der Waals surface area contributed by atoms with Gasteiger partial charge < -0.3 is 4.74 Å². The number of fused-ring (bicyclic) bond motifs is 1. The average molecular weight is 264 g/mol. The Kier molecular flexibility index (Phi) is 3.82. The number of para-hydroxylation sites is 1. The Balaban J connectivity index is 2.43. The van der Waals surface area contributed by atoms with Crippen LogP contribution in [-0.2, 0) is 16.0 Å². The normalized spacial score (nSPS) is 10.6. The lowest BCUT2D eigenvalue weighted by molar-refractivity contribution is -0.140. The first-order valence-corrected chi connectivity index (χ1v) is 6.11. The molecular formula is C14H14ClNO2. The predicted octanol–water partition coefficient (Wildman–Crippen LogP) is 3.30. The highest BCUT2D eigenvalue weighted by atomic mass is 35.5. The lowest BCUT2D eigenvalue weighted by Crippen LogP contribution is -2.03. The molecule has 0 fully saturated rings. The van der Waals surface area contributed by atoms with Crippen molar-refractivity contribution < 1.29 is 9.53 Å². The number of aromatic nitrogens is 1. The van der Waals surface area contributed by atoms with E-state index in [2.05, 4.69) is 9.72 Å². The van der Waals surface area contributed by atoms with Gasteiger partial charge in [0, 0.05) is 17.5 Å². The van der Waals surface area contributed by atoms with Crippen LogP contribution in [0.1, 0.15) is 17.7 Å². The van der Waals surface area contributed by atoms with E-state index in [0.29, 0.717) is 17.9 Å². The minimum absolute atomic E-state index is 0.209. The van der Waals surface area contributed by atoms with Gasteiger partial charge >= 0.3 is 5.97 Å². The second kappa shape index (κ2) is 5.36. The summed E-state index contributed by atoms with van der Waals surface area (Å²) in [6.45, 7) is 1.92. The molecule has 0 bridgehead atoms. The minimum Gasteiger partial charge on any atom is -0.469 e. The van der Waals surface area contributed by atoms with Crippen LogP contribution in [-0.4, -0.2) is 18.1 Å². The second-order valence-electron chi connectivity index (χ2n) is 4.13. The Morgan fingerprint density at radius 2 is 2.22 bits per heavy atom. The number of methoxy groups -OCH3 is 1. The summed E-state index contributed by atoms with van der Waals surface area (Å²) >= 11 is 6.14. The number of aryl methyl sites for hydroxylation is 2. The summed E-state index contributed by atoms with van der Waals surface area (Å²) < 4.78 is 4.66. The number of halogens is 1. The molecule has 1 heterocycles. The third-order valence-corrected chi connectivity index (χ3v) is 3.14. The predicted molar refractivity (Wildman–Crippen MR) is 71.8 cm³/mol. The van der Waals surface area contributed by atoms with Gasteiger partial charge in [0.1, 0.15) is 0 Å². The number of benzene rings is 1. The molecule has 1 aromatic carbocycles. The van der Waals surface area contributed by atoms with Crippen molar-refractivity contribution in [2.45, 2.75) is 19.8 Å². The summed E-state index contributed by atoms with van der Waals surface area (Å²) in [5, 5.41) is 1.63. The Morgan fingerprint density at radius 1 is 1.44 bits per heavy atom. The van der Waals surface area contributed by atoms with Crippen LogP contribution in [0.3, 0.4) is 0 Å². The van der Waals surface area contributed by atoms with E-state index in [0.717, 1.165) is 22.2 Å². The quantitative estimate of drug-likeness (QED) is 0.798. The highest BCUT2D eigenvalue weighted by Crippen LogP contribution is 2.25. The van der Waals surface area contributed by atoms with Gasteiger partial charge in [0.25, 0.3) is 0 Å². The molecule has 0 saturated carbocycles. The summed E-state index contributed by atoms with van der Waals surface area (Å²) in [5.41, 5.74) is 2.76. The van der Waals surface area contributed by atoms with Crippen LogP contribution in [0.4, 0.5) is 0 Å². The number of nitrogens with zero attached hydrogens (tertiary/aromatic N) is 1. The van der Waals surface area contributed by atoms with E-state index in [-0.39, 0.29) is 5.97 Å². The molecule has 1 aromatic heterocycles. The van der Waals surface area contributed by atoms with Gasteiger partial charge in [-0.05, 0) is 31.0 Å². The van der Waals surface area contributed by atoms with E-state index in [9.17, 15) is 4.79 Å². The van der Waals surface area contributed by atoms with Crippen LogP contribution in [0.5, 0.6) is 0 Å². The number of esters is 1. The summed E-state index contributed by atoms with van der Waals surface area (Å²) in [6, 6.07) is 7.67. The van der Waals surface area contributed by atoms with Gasteiger partial charge in [0.2, 0.25) is 0 Å². The summed E-state index contributed by atoms with van der Waals surface area (Å²) in [4.78, 5) is 15.6. The molecule has 0 N–H and O–H groups in total. The SMILES string of the molecule is COC(=O)CCc1cc(C)nc2c(Cl)cccc12. The molecule has 0 radical (unpaired) electrons. The molecule has 2 rings (SSSR count). The highest BCUT2D eigenvalue weighted by Gasteiger charge is 2.09. The fraction of sp³-hybridized carbons (Fsp3) is 0.286. The summed E-state index contributed by atoms with van der Waals surface area (Å²) in [7, 11) is 1.40. The van der Waals surface area contributed by atoms with E-state index in [1.807, 2.05) is 31.2 Å². The fourth-order valence-electron chi connectivity index (χ4n) is 1.97. The molecule has 0 aliphatic rings. The van der Waals surface area contributed by atoms with Crippen molar-refractivity contribution in [1.29, 1.82) is 0 Å². The third-order valence-electron chi connectivity index (χ3n) is 2.83. The maximum atomic E-state index is 11.2. The van der Waals surface area contributed by atoms with Gasteiger partial charge in [-0.15, -0.1) is 0 Å². The fourth-order valence-corrected chi connectivity index (χ4v) is 2.19. The average Bonchev–Trinajstić information content (AvgIpc) is 2.36. The minimum atomic E-state index is -0.209. The molecule has 18 heavy (non-hydrogen) atoms. The van der Waals surface area contributed by atoms with Crippen molar-refractivity contribution >= 4 is 28.5 Å². The molecule has 0 atom stereocenters. The van der Waals surface area contributed by atoms with E-state index in [1.54, 1.807) is 0 Å². The van der Waals surface area contributed by atoms with Crippen molar-refractivity contribution in [3.05, 3.63) is 40.5 Å². The van der Waals surface area contributed by atoms with Crippen LogP contribution >= 0.6 is 11.6 Å². The first-order chi connectivity index (χ1) is 8.61. The van der Waals surface area contributed by atoms with Crippen molar-refractivity contribution in [3.8, 4) is 0 Å². The van der Waals surface area contributed by atoms with E-state index in [4.69, 9.17) is 11.6 Å². The Labute approximate surface area is 111 Å². The van der Waals surface area contributed by atoms with Crippen molar-refractivity contribution in [2.75, 3.05) is 7.11 Å². The second-order valence-corrected chi connectivity index (χ2v) is 4.54. The molecular weight excluding hydrogens is 250 g/mol. The number of pyridine rings is 1. The maximum absolute atomic E-state index is 11.2. The number of hydrogen-bond donors (Lipinski definition) is 0. The molecule has 0 aliphatic heterocycles. The monoisotopic (exact) mass is 263 g/mol. The Morgan fingerprint density at radius 3 is 2.94 bits per heavy atom. The highest BCUT2D eigenvalue weighted by molar-refractivity contribution is 6.35. The Hall–Kier alpha value is -1.61. The van der Waals surface area contributed by atoms with Crippen molar-refractivity contribution in [1.82, 2.24) is 4.98 Å². The molecule has 4 heteroatoms. The van der Waals surface area contributed by atoms with Gasteiger partial charge in [-0.3, -0.25) is 9.78 Å². The largest absolute Gasteiger partial charge is 0.469 e. The van der Waals surface area contributed by atoms with Crippen LogP contribution in [0, 0.1) is 6.92 Å². The van der Waals surface area contributed by atoms with Crippen molar-refractivity contribution in [3.63, 3.8) is 0 Å². The lowest BCUT2D eigenvalue weighted by atomic mass is 10.0. The summed E-state index contributed by atoms with van der Waals surface area (Å²) in [5.74, 6) is -0.209. The number of carbonyl (C=O) groups excluding carboxylic acids is 1. The number of rotatable bonds is 3. The molecule has 94 valence electrons. The van der Waals surface area contributed by atoms with Gasteiger partial charge in [-0.2, -0.15) is 0 Å². The summed E-state index contributed by atoms with van der Waals surface area (Å²) in [6.07, 6.45) is 0.994. The molecule has 0 unspecified atom stereocenters. The van der Waals surface area contributed by atoms with E-state index < -0.39 is 0 Å². The molecule has 0 spiro atoms. The third kappa shape index (κ3) is 2.62. The van der Waals surface area contributed by atoms with Crippen LogP contribution in [0.15, 0.2) is 24.3 Å². The first-order valence-electron chi connectivity index (χ1n) is 5.73.